The van der Waals surface area contributed by atoms with E-state index in [-0.39, 0.29) is 0 Å². The second-order valence-corrected chi connectivity index (χ2v) is 5.71. The Labute approximate surface area is 99.9 Å². The van der Waals surface area contributed by atoms with Crippen molar-refractivity contribution in [2.45, 2.75) is 76.4 Å². The minimum Gasteiger partial charge on any atom is -0.378 e. The van der Waals surface area contributed by atoms with Crippen LogP contribution in [0.3, 0.4) is 0 Å². The molecule has 0 amide bonds. The highest BCUT2D eigenvalue weighted by molar-refractivity contribution is 4.74. The molecule has 1 saturated carbocycles. The third-order valence-corrected chi connectivity index (χ3v) is 4.24. The van der Waals surface area contributed by atoms with Gasteiger partial charge in [-0.3, -0.25) is 0 Å². The third-order valence-electron chi connectivity index (χ3n) is 4.24. The number of ether oxygens (including phenoxy) is 1. The van der Waals surface area contributed by atoms with Crippen LogP contribution in [0.4, 0.5) is 0 Å². The van der Waals surface area contributed by atoms with E-state index in [9.17, 15) is 0 Å². The Morgan fingerprint density at radius 1 is 1.06 bits per heavy atom. The topological polar surface area (TPSA) is 35.2 Å². The molecule has 0 bridgehead atoms. The first-order chi connectivity index (χ1) is 7.84. The summed E-state index contributed by atoms with van der Waals surface area (Å²) < 4.78 is 5.64. The lowest BCUT2D eigenvalue weighted by molar-refractivity contribution is 0.0996. The maximum atomic E-state index is 6.23. The Kier molecular flexibility index (Phi) is 5.11. The van der Waals surface area contributed by atoms with E-state index >= 15 is 0 Å². The van der Waals surface area contributed by atoms with Gasteiger partial charge in [0.05, 0.1) is 6.10 Å². The van der Waals surface area contributed by atoms with Gasteiger partial charge in [-0.1, -0.05) is 32.1 Å². The Bertz CT molecular complexity index is 183. The monoisotopic (exact) mass is 225 g/mol. The third kappa shape index (κ3) is 4.06. The predicted molar refractivity (Wildman–Crippen MR) is 67.4 cm³/mol. The van der Waals surface area contributed by atoms with E-state index in [0.717, 1.165) is 12.5 Å². The molecule has 2 unspecified atom stereocenters. The zero-order chi connectivity index (χ0) is 11.2. The summed E-state index contributed by atoms with van der Waals surface area (Å²) in [5.74, 6) is 0.924. The maximum absolute atomic E-state index is 6.23. The van der Waals surface area contributed by atoms with Crippen molar-refractivity contribution in [3.8, 4) is 0 Å². The molecule has 2 aliphatic rings. The summed E-state index contributed by atoms with van der Waals surface area (Å²) in [4.78, 5) is 0. The van der Waals surface area contributed by atoms with E-state index in [0.29, 0.717) is 12.1 Å². The fourth-order valence-electron chi connectivity index (χ4n) is 3.24. The van der Waals surface area contributed by atoms with Crippen LogP contribution in [0.25, 0.3) is 0 Å². The normalized spacial score (nSPS) is 29.4. The molecule has 2 fully saturated rings. The van der Waals surface area contributed by atoms with Gasteiger partial charge in [-0.05, 0) is 38.0 Å². The second kappa shape index (κ2) is 6.61. The van der Waals surface area contributed by atoms with Crippen molar-refractivity contribution in [3.05, 3.63) is 0 Å². The van der Waals surface area contributed by atoms with Crippen LogP contribution >= 0.6 is 0 Å². The average molecular weight is 225 g/mol. The van der Waals surface area contributed by atoms with Crippen molar-refractivity contribution in [3.63, 3.8) is 0 Å². The molecular formula is C14H27NO. The first-order valence-electron chi connectivity index (χ1n) is 7.22. The van der Waals surface area contributed by atoms with E-state index < -0.39 is 0 Å². The number of nitrogens with two attached hydrogens (primary N) is 1. The van der Waals surface area contributed by atoms with Gasteiger partial charge in [0.2, 0.25) is 0 Å². The van der Waals surface area contributed by atoms with E-state index in [1.165, 1.54) is 64.2 Å². The zero-order valence-corrected chi connectivity index (χ0v) is 10.5. The quantitative estimate of drug-likeness (QED) is 0.779. The molecule has 2 N–H and O–H groups in total. The molecule has 0 aromatic rings. The second-order valence-electron chi connectivity index (χ2n) is 5.71. The van der Waals surface area contributed by atoms with Crippen LogP contribution in [0.15, 0.2) is 0 Å². The lowest BCUT2D eigenvalue weighted by atomic mass is 9.84. The number of rotatable bonds is 5. The molecule has 0 spiro atoms. The van der Waals surface area contributed by atoms with E-state index in [4.69, 9.17) is 10.5 Å². The Morgan fingerprint density at radius 3 is 2.56 bits per heavy atom. The summed E-state index contributed by atoms with van der Waals surface area (Å²) >= 11 is 0. The lowest BCUT2D eigenvalue weighted by Gasteiger charge is -2.25. The summed E-state index contributed by atoms with van der Waals surface area (Å²) in [7, 11) is 0. The van der Waals surface area contributed by atoms with Gasteiger partial charge in [-0.25, -0.2) is 0 Å². The van der Waals surface area contributed by atoms with Crippen LogP contribution < -0.4 is 5.73 Å². The van der Waals surface area contributed by atoms with Gasteiger partial charge in [0, 0.05) is 12.6 Å². The Morgan fingerprint density at radius 2 is 1.88 bits per heavy atom. The van der Waals surface area contributed by atoms with Crippen LogP contribution in [0.5, 0.6) is 0 Å². The van der Waals surface area contributed by atoms with Gasteiger partial charge >= 0.3 is 0 Å². The van der Waals surface area contributed by atoms with Gasteiger partial charge in [0.15, 0.2) is 0 Å². The summed E-state index contributed by atoms with van der Waals surface area (Å²) in [6.45, 7) is 0.975. The molecule has 0 radical (unpaired) electrons. The number of hydrogen-bond acceptors (Lipinski definition) is 2. The van der Waals surface area contributed by atoms with Crippen LogP contribution in [-0.2, 0) is 4.74 Å². The van der Waals surface area contributed by atoms with Gasteiger partial charge < -0.3 is 10.5 Å². The fourth-order valence-corrected chi connectivity index (χ4v) is 3.24. The van der Waals surface area contributed by atoms with Crippen molar-refractivity contribution in [1.29, 1.82) is 0 Å². The lowest BCUT2D eigenvalue weighted by Crippen LogP contribution is -2.26. The summed E-state index contributed by atoms with van der Waals surface area (Å²) in [6, 6.07) is 0.423. The Balaban J connectivity index is 1.57. The molecule has 2 atom stereocenters. The maximum Gasteiger partial charge on any atom is 0.0576 e. The van der Waals surface area contributed by atoms with Crippen molar-refractivity contribution in [1.82, 2.24) is 0 Å². The van der Waals surface area contributed by atoms with Crippen LogP contribution in [0.1, 0.15) is 64.2 Å². The highest BCUT2D eigenvalue weighted by atomic mass is 16.5. The van der Waals surface area contributed by atoms with E-state index in [1.54, 1.807) is 0 Å². The van der Waals surface area contributed by atoms with Crippen molar-refractivity contribution in [2.75, 3.05) is 6.61 Å². The molecule has 16 heavy (non-hydrogen) atoms. The molecule has 1 aliphatic carbocycles. The highest BCUT2D eigenvalue weighted by Crippen LogP contribution is 2.28. The molecule has 0 aromatic carbocycles. The molecule has 1 aliphatic heterocycles. The van der Waals surface area contributed by atoms with Crippen molar-refractivity contribution >= 4 is 0 Å². The van der Waals surface area contributed by atoms with Gasteiger partial charge in [0.1, 0.15) is 0 Å². The largest absolute Gasteiger partial charge is 0.378 e. The predicted octanol–water partition coefficient (Wildman–Crippen LogP) is 3.24. The minimum atomic E-state index is 0.423. The van der Waals surface area contributed by atoms with Gasteiger partial charge in [-0.2, -0.15) is 0 Å². The standard InChI is InChI=1S/C14H27NO/c15-13(8-9-14-7-4-10-16-14)11-12-5-2-1-3-6-12/h12-14H,1-11,15H2. The molecule has 94 valence electrons. The number of hydrogen-bond donors (Lipinski definition) is 1. The smallest absolute Gasteiger partial charge is 0.0576 e. The summed E-state index contributed by atoms with van der Waals surface area (Å²) in [5, 5.41) is 0. The molecule has 1 saturated heterocycles. The van der Waals surface area contributed by atoms with E-state index in [2.05, 4.69) is 0 Å². The summed E-state index contributed by atoms with van der Waals surface area (Å²) in [6.07, 6.45) is 13.8. The highest BCUT2D eigenvalue weighted by Gasteiger charge is 2.19. The molecule has 2 rings (SSSR count). The zero-order valence-electron chi connectivity index (χ0n) is 10.5. The van der Waals surface area contributed by atoms with Crippen LogP contribution in [0.2, 0.25) is 0 Å². The van der Waals surface area contributed by atoms with Crippen molar-refractivity contribution < 1.29 is 4.74 Å². The first kappa shape index (κ1) is 12.4. The molecule has 0 aromatic heterocycles. The van der Waals surface area contributed by atoms with Crippen molar-refractivity contribution in [2.24, 2.45) is 11.7 Å². The van der Waals surface area contributed by atoms with Crippen LogP contribution in [0, 0.1) is 5.92 Å². The average Bonchev–Trinajstić information content (AvgIpc) is 2.81. The minimum absolute atomic E-state index is 0.423. The van der Waals surface area contributed by atoms with E-state index in [1.807, 2.05) is 0 Å². The summed E-state index contributed by atoms with van der Waals surface area (Å²) in [5.41, 5.74) is 6.23. The SMILES string of the molecule is NC(CCC1CCCO1)CC1CCCCC1. The Hall–Kier alpha value is -0.0800. The van der Waals surface area contributed by atoms with Crippen LogP contribution in [-0.4, -0.2) is 18.8 Å². The molecule has 2 nitrogen and oxygen atoms in total. The molecule has 1 heterocycles. The van der Waals surface area contributed by atoms with Gasteiger partial charge in [-0.15, -0.1) is 0 Å². The first-order valence-corrected chi connectivity index (χ1v) is 7.22. The molecule has 2 heteroatoms. The fraction of sp³-hybridized carbons (Fsp3) is 1.00. The molecular weight excluding hydrogens is 198 g/mol. The van der Waals surface area contributed by atoms with Gasteiger partial charge in [0.25, 0.3) is 0 Å².